The highest BCUT2D eigenvalue weighted by Crippen LogP contribution is 2.38. The molecule has 2 rings (SSSR count). The first kappa shape index (κ1) is 12.2. The Morgan fingerprint density at radius 3 is 2.94 bits per heavy atom. The maximum absolute atomic E-state index is 8.74. The van der Waals surface area contributed by atoms with Crippen LogP contribution in [0.4, 0.5) is 0 Å². The molecule has 2 N–H and O–H groups in total. The van der Waals surface area contributed by atoms with Crippen molar-refractivity contribution in [2.45, 2.75) is 25.3 Å². The van der Waals surface area contributed by atoms with Crippen molar-refractivity contribution in [3.8, 4) is 0 Å². The zero-order valence-corrected chi connectivity index (χ0v) is 10.5. The molecule has 0 aliphatic heterocycles. The van der Waals surface area contributed by atoms with Crippen LogP contribution in [-0.4, -0.2) is 18.3 Å². The average molecular weight is 260 g/mol. The second-order valence-corrected chi connectivity index (χ2v) is 4.93. The topological polar surface area (TPSA) is 32.3 Å². The molecule has 0 spiro atoms. The van der Waals surface area contributed by atoms with Gasteiger partial charge in [-0.25, -0.2) is 0 Å². The van der Waals surface area contributed by atoms with E-state index < -0.39 is 0 Å². The van der Waals surface area contributed by atoms with Crippen molar-refractivity contribution >= 4 is 23.2 Å². The number of hydrogen-bond acceptors (Lipinski definition) is 2. The quantitative estimate of drug-likeness (QED) is 0.816. The number of aliphatic hydroxyl groups is 1. The third kappa shape index (κ3) is 2.51. The Labute approximate surface area is 106 Å². The summed E-state index contributed by atoms with van der Waals surface area (Å²) in [5, 5.41) is 13.6. The summed E-state index contributed by atoms with van der Waals surface area (Å²) in [4.78, 5) is 0. The van der Waals surface area contributed by atoms with Crippen molar-refractivity contribution in [1.29, 1.82) is 0 Å². The van der Waals surface area contributed by atoms with Crippen LogP contribution >= 0.6 is 23.2 Å². The maximum atomic E-state index is 8.74. The van der Waals surface area contributed by atoms with Crippen LogP contribution in [0.3, 0.4) is 0 Å². The van der Waals surface area contributed by atoms with Crippen molar-refractivity contribution < 1.29 is 5.11 Å². The Morgan fingerprint density at radius 2 is 2.19 bits per heavy atom. The Balaban J connectivity index is 2.13. The molecule has 0 bridgehead atoms. The lowest BCUT2D eigenvalue weighted by Crippen LogP contribution is -2.21. The van der Waals surface area contributed by atoms with Crippen LogP contribution in [0.15, 0.2) is 12.1 Å². The first-order valence-electron chi connectivity index (χ1n) is 5.54. The van der Waals surface area contributed by atoms with Crippen LogP contribution in [0.25, 0.3) is 0 Å². The van der Waals surface area contributed by atoms with E-state index in [4.69, 9.17) is 28.3 Å². The third-order valence-electron chi connectivity index (χ3n) is 2.96. The summed E-state index contributed by atoms with van der Waals surface area (Å²) in [6.45, 7) is 1.04. The first-order chi connectivity index (χ1) is 7.72. The summed E-state index contributed by atoms with van der Waals surface area (Å²) < 4.78 is 0. The molecule has 1 unspecified atom stereocenters. The molecule has 0 heterocycles. The fraction of sp³-hybridized carbons (Fsp3) is 0.500. The second kappa shape index (κ2) is 5.37. The molecule has 1 aliphatic rings. The molecule has 4 heteroatoms. The van der Waals surface area contributed by atoms with Gasteiger partial charge < -0.3 is 10.4 Å². The van der Waals surface area contributed by atoms with E-state index in [9.17, 15) is 0 Å². The standard InChI is InChI=1S/C12H15Cl2NO/c13-9-6-8-2-3-11(15-4-1-5-16)12(8)10(14)7-9/h6-7,11,15-16H,1-5H2. The molecule has 0 radical (unpaired) electrons. The predicted octanol–water partition coefficient (Wildman–Crippen LogP) is 2.95. The van der Waals surface area contributed by atoms with E-state index in [1.54, 1.807) is 6.07 Å². The predicted molar refractivity (Wildman–Crippen MR) is 67.2 cm³/mol. The molecular weight excluding hydrogens is 245 g/mol. The zero-order chi connectivity index (χ0) is 11.5. The fourth-order valence-corrected chi connectivity index (χ4v) is 2.91. The molecule has 88 valence electrons. The number of benzene rings is 1. The minimum atomic E-state index is 0.223. The van der Waals surface area contributed by atoms with Crippen molar-refractivity contribution in [3.63, 3.8) is 0 Å². The Morgan fingerprint density at radius 1 is 1.38 bits per heavy atom. The Hall–Kier alpha value is -0.280. The molecule has 2 nitrogen and oxygen atoms in total. The molecule has 1 aliphatic carbocycles. The van der Waals surface area contributed by atoms with E-state index in [1.807, 2.05) is 6.07 Å². The molecule has 1 aromatic rings. The van der Waals surface area contributed by atoms with Crippen molar-refractivity contribution in [2.75, 3.05) is 13.2 Å². The lowest BCUT2D eigenvalue weighted by atomic mass is 10.1. The van der Waals surface area contributed by atoms with Crippen LogP contribution in [0.1, 0.15) is 30.0 Å². The van der Waals surface area contributed by atoms with Crippen LogP contribution < -0.4 is 5.32 Å². The zero-order valence-electron chi connectivity index (χ0n) is 8.97. The smallest absolute Gasteiger partial charge is 0.0471 e. The molecule has 0 saturated heterocycles. The van der Waals surface area contributed by atoms with E-state index in [0.29, 0.717) is 11.1 Å². The molecule has 16 heavy (non-hydrogen) atoms. The number of hydrogen-bond donors (Lipinski definition) is 2. The average Bonchev–Trinajstić information content (AvgIpc) is 2.62. The van der Waals surface area contributed by atoms with E-state index in [-0.39, 0.29) is 6.61 Å². The fourth-order valence-electron chi connectivity index (χ4n) is 2.24. The molecular formula is C12H15Cl2NO. The number of nitrogens with one attached hydrogen (secondary N) is 1. The summed E-state index contributed by atoms with van der Waals surface area (Å²) in [6, 6.07) is 4.11. The van der Waals surface area contributed by atoms with Crippen molar-refractivity contribution in [1.82, 2.24) is 5.32 Å². The van der Waals surface area contributed by atoms with Gasteiger partial charge in [0, 0.05) is 22.7 Å². The lowest BCUT2D eigenvalue weighted by molar-refractivity contribution is 0.283. The van der Waals surface area contributed by atoms with Gasteiger partial charge in [0.2, 0.25) is 0 Å². The lowest BCUT2D eigenvalue weighted by Gasteiger charge is -2.15. The molecule has 1 atom stereocenters. The van der Waals surface area contributed by atoms with E-state index in [2.05, 4.69) is 5.32 Å². The van der Waals surface area contributed by atoms with Gasteiger partial charge >= 0.3 is 0 Å². The summed E-state index contributed by atoms with van der Waals surface area (Å²) in [7, 11) is 0. The number of aliphatic hydroxyl groups excluding tert-OH is 1. The van der Waals surface area contributed by atoms with Crippen molar-refractivity contribution in [3.05, 3.63) is 33.3 Å². The van der Waals surface area contributed by atoms with Gasteiger partial charge in [-0.1, -0.05) is 23.2 Å². The summed E-state index contributed by atoms with van der Waals surface area (Å²) in [5.41, 5.74) is 2.43. The van der Waals surface area contributed by atoms with Crippen LogP contribution in [-0.2, 0) is 6.42 Å². The summed E-state index contributed by atoms with van der Waals surface area (Å²) in [6.07, 6.45) is 2.85. The number of rotatable bonds is 4. The highest BCUT2D eigenvalue weighted by atomic mass is 35.5. The van der Waals surface area contributed by atoms with Gasteiger partial charge in [0.15, 0.2) is 0 Å². The summed E-state index contributed by atoms with van der Waals surface area (Å²) >= 11 is 12.2. The van der Waals surface area contributed by atoms with Gasteiger partial charge in [0.05, 0.1) is 0 Å². The molecule has 1 aromatic carbocycles. The van der Waals surface area contributed by atoms with Crippen LogP contribution in [0.2, 0.25) is 10.0 Å². The molecule has 0 aromatic heterocycles. The Bertz CT molecular complexity index is 382. The van der Waals surface area contributed by atoms with Gasteiger partial charge in [-0.15, -0.1) is 0 Å². The largest absolute Gasteiger partial charge is 0.396 e. The third-order valence-corrected chi connectivity index (χ3v) is 3.49. The highest BCUT2D eigenvalue weighted by Gasteiger charge is 2.24. The van der Waals surface area contributed by atoms with Crippen molar-refractivity contribution in [2.24, 2.45) is 0 Å². The van der Waals surface area contributed by atoms with Crippen LogP contribution in [0, 0.1) is 0 Å². The van der Waals surface area contributed by atoms with E-state index >= 15 is 0 Å². The summed E-state index contributed by atoms with van der Waals surface area (Å²) in [5.74, 6) is 0. The number of fused-ring (bicyclic) bond motifs is 1. The normalized spacial score (nSPS) is 18.8. The highest BCUT2D eigenvalue weighted by molar-refractivity contribution is 6.35. The SMILES string of the molecule is OCCCNC1CCc2cc(Cl)cc(Cl)c21. The van der Waals surface area contributed by atoms with Gasteiger partial charge in [-0.05, 0) is 49.1 Å². The van der Waals surface area contributed by atoms with Gasteiger partial charge in [-0.2, -0.15) is 0 Å². The number of halogens is 2. The molecule has 0 fully saturated rings. The van der Waals surface area contributed by atoms with E-state index in [1.165, 1.54) is 11.1 Å². The molecule has 0 saturated carbocycles. The van der Waals surface area contributed by atoms with Gasteiger partial charge in [0.25, 0.3) is 0 Å². The second-order valence-electron chi connectivity index (χ2n) is 4.08. The Kier molecular flexibility index (Phi) is 4.09. The van der Waals surface area contributed by atoms with E-state index in [0.717, 1.165) is 30.8 Å². The number of aryl methyl sites for hydroxylation is 1. The first-order valence-corrected chi connectivity index (χ1v) is 6.30. The minimum Gasteiger partial charge on any atom is -0.396 e. The van der Waals surface area contributed by atoms with Gasteiger partial charge in [-0.3, -0.25) is 0 Å². The van der Waals surface area contributed by atoms with Gasteiger partial charge in [0.1, 0.15) is 0 Å². The minimum absolute atomic E-state index is 0.223. The maximum Gasteiger partial charge on any atom is 0.0471 e. The van der Waals surface area contributed by atoms with Crippen LogP contribution in [0.5, 0.6) is 0 Å². The monoisotopic (exact) mass is 259 g/mol. The molecule has 0 amide bonds.